The standard InChI is InChI=1S/C8H9NO3S.C5H7NO2S.C3H4O2/c1-2-9-7(11)6(4-3-5-10)13-8(9)12;1-2-6-4(7)3-9-5(6)8;4-2-1-3-5/h3-5,11H,2H2,1H3;2-3H2,1H3;1-4H/b;;2-1-. The zero-order valence-corrected chi connectivity index (χ0v) is 16.4. The maximum Gasteiger partial charge on any atom is 0.310 e. The second kappa shape index (κ2) is 13.5. The fourth-order valence-electron chi connectivity index (χ4n) is 1.65. The third kappa shape index (κ3) is 8.05. The molecule has 1 aliphatic heterocycles. The Labute approximate surface area is 163 Å². The smallest absolute Gasteiger partial charge is 0.310 e. The summed E-state index contributed by atoms with van der Waals surface area (Å²) in [5.74, 6) is 0.190. The number of amides is 2. The molecule has 0 spiro atoms. The summed E-state index contributed by atoms with van der Waals surface area (Å²) >= 11 is 1.99. The number of carbonyl (C=O) groups is 4. The van der Waals surface area contributed by atoms with Crippen molar-refractivity contribution in [3.8, 4) is 5.88 Å². The van der Waals surface area contributed by atoms with Gasteiger partial charge in [0.2, 0.25) is 11.8 Å². The number of aromatic hydroxyl groups is 1. The predicted octanol–water partition coefficient (Wildman–Crippen LogP) is 1.81. The normalized spacial score (nSPS) is 13.3. The number of imide groups is 1. The fraction of sp³-hybridized carbons (Fsp3) is 0.312. The number of allylic oxidation sites excluding steroid dienone is 2. The lowest BCUT2D eigenvalue weighted by molar-refractivity contribution is -0.124. The Hall–Kier alpha value is -2.66. The van der Waals surface area contributed by atoms with E-state index in [2.05, 4.69) is 0 Å². The number of rotatable bonds is 5. The lowest BCUT2D eigenvalue weighted by Gasteiger charge is -2.06. The number of thiazole rings is 1. The molecule has 0 radical (unpaired) electrons. The van der Waals surface area contributed by atoms with Crippen LogP contribution in [0.1, 0.15) is 18.7 Å². The first-order chi connectivity index (χ1) is 12.9. The number of hydrogen-bond donors (Lipinski definition) is 2. The molecule has 1 aromatic rings. The molecule has 1 fully saturated rings. The summed E-state index contributed by atoms with van der Waals surface area (Å²) in [4.78, 5) is 53.2. The van der Waals surface area contributed by atoms with Gasteiger partial charge in [0.1, 0.15) is 12.6 Å². The van der Waals surface area contributed by atoms with E-state index in [4.69, 9.17) is 9.90 Å². The highest BCUT2D eigenvalue weighted by molar-refractivity contribution is 8.14. The van der Waals surface area contributed by atoms with E-state index in [1.807, 2.05) is 0 Å². The van der Waals surface area contributed by atoms with Crippen molar-refractivity contribution in [2.24, 2.45) is 0 Å². The van der Waals surface area contributed by atoms with E-state index in [9.17, 15) is 24.3 Å². The molecule has 2 N–H and O–H groups in total. The molecule has 0 atom stereocenters. The number of aliphatic hydroxyl groups excluding tert-OH is 1. The molecule has 1 aliphatic rings. The van der Waals surface area contributed by atoms with Gasteiger partial charge in [0.25, 0.3) is 5.24 Å². The fourth-order valence-corrected chi connectivity index (χ4v) is 3.30. The minimum atomic E-state index is -0.217. The van der Waals surface area contributed by atoms with Crippen molar-refractivity contribution in [2.75, 3.05) is 12.3 Å². The van der Waals surface area contributed by atoms with E-state index >= 15 is 0 Å². The van der Waals surface area contributed by atoms with Crippen LogP contribution in [0, 0.1) is 0 Å². The van der Waals surface area contributed by atoms with E-state index in [-0.39, 0.29) is 21.9 Å². The van der Waals surface area contributed by atoms with Gasteiger partial charge in [-0.05, 0) is 26.0 Å². The van der Waals surface area contributed by atoms with E-state index in [0.717, 1.165) is 29.2 Å². The Kier molecular flexibility index (Phi) is 12.2. The number of thioether (sulfide) groups is 1. The van der Waals surface area contributed by atoms with Crippen LogP contribution in [0.4, 0.5) is 4.79 Å². The maximum atomic E-state index is 11.2. The molecule has 1 saturated heterocycles. The minimum absolute atomic E-state index is 0.0625. The molecule has 2 amide bonds. The van der Waals surface area contributed by atoms with E-state index in [1.54, 1.807) is 13.8 Å². The van der Waals surface area contributed by atoms with Crippen LogP contribution >= 0.6 is 23.1 Å². The molecule has 148 valence electrons. The lowest BCUT2D eigenvalue weighted by atomic mass is 10.4. The summed E-state index contributed by atoms with van der Waals surface area (Å²) in [5.41, 5.74) is 0. The van der Waals surface area contributed by atoms with Crippen molar-refractivity contribution in [3.63, 3.8) is 0 Å². The molecule has 9 nitrogen and oxygen atoms in total. The first-order valence-corrected chi connectivity index (χ1v) is 9.44. The summed E-state index contributed by atoms with van der Waals surface area (Å²) in [6.07, 6.45) is 5.44. The van der Waals surface area contributed by atoms with Crippen LogP contribution in [0.15, 0.2) is 23.2 Å². The number of hydrogen-bond acceptors (Lipinski definition) is 9. The second-order valence-electron chi connectivity index (χ2n) is 4.47. The van der Waals surface area contributed by atoms with Crippen LogP contribution < -0.4 is 4.87 Å². The highest BCUT2D eigenvalue weighted by atomic mass is 32.2. The first-order valence-electron chi connectivity index (χ1n) is 7.63. The average Bonchev–Trinajstić information content (AvgIpc) is 3.12. The number of nitrogens with zero attached hydrogens (tertiary/aromatic N) is 2. The molecule has 2 rings (SSSR count). The van der Waals surface area contributed by atoms with Gasteiger partial charge in [0.15, 0.2) is 0 Å². The van der Waals surface area contributed by atoms with Crippen LogP contribution in [0.5, 0.6) is 5.88 Å². The van der Waals surface area contributed by atoms with Crippen LogP contribution in [0.3, 0.4) is 0 Å². The summed E-state index contributed by atoms with van der Waals surface area (Å²) in [7, 11) is 0. The molecule has 0 aliphatic carbocycles. The minimum Gasteiger partial charge on any atom is -0.515 e. The summed E-state index contributed by atoms with van der Waals surface area (Å²) in [6.45, 7) is 4.49. The number of aldehydes is 2. The van der Waals surface area contributed by atoms with E-state index < -0.39 is 0 Å². The molecular weight excluding hydrogens is 396 g/mol. The molecule has 0 aromatic carbocycles. The lowest BCUT2D eigenvalue weighted by Crippen LogP contribution is -2.27. The largest absolute Gasteiger partial charge is 0.515 e. The molecule has 2 heterocycles. The van der Waals surface area contributed by atoms with Gasteiger partial charge in [0.05, 0.1) is 16.9 Å². The summed E-state index contributed by atoms with van der Waals surface area (Å²) in [5, 5.41) is 17.0. The third-order valence-electron chi connectivity index (χ3n) is 2.86. The summed E-state index contributed by atoms with van der Waals surface area (Å²) < 4.78 is 1.25. The zero-order chi connectivity index (χ0) is 20.8. The predicted molar refractivity (Wildman–Crippen MR) is 104 cm³/mol. The Morgan fingerprint density at radius 3 is 2.00 bits per heavy atom. The van der Waals surface area contributed by atoms with Gasteiger partial charge in [-0.25, -0.2) is 0 Å². The quantitative estimate of drug-likeness (QED) is 0.422. The van der Waals surface area contributed by atoms with Gasteiger partial charge in [-0.15, -0.1) is 0 Å². The zero-order valence-electron chi connectivity index (χ0n) is 14.7. The monoisotopic (exact) mass is 416 g/mol. The number of carbonyl (C=O) groups excluding carboxylic acids is 4. The van der Waals surface area contributed by atoms with Gasteiger partial charge in [-0.3, -0.25) is 33.4 Å². The van der Waals surface area contributed by atoms with E-state index in [1.165, 1.54) is 21.6 Å². The Bertz CT molecular complexity index is 749. The molecule has 0 unspecified atom stereocenters. The van der Waals surface area contributed by atoms with Crippen molar-refractivity contribution >= 4 is 52.9 Å². The molecule has 0 saturated carbocycles. The average molecular weight is 416 g/mol. The van der Waals surface area contributed by atoms with Gasteiger partial charge >= 0.3 is 4.87 Å². The Morgan fingerprint density at radius 2 is 1.70 bits per heavy atom. The van der Waals surface area contributed by atoms with Gasteiger partial charge in [-0.2, -0.15) is 0 Å². The molecular formula is C16H20N2O7S2. The number of aromatic nitrogens is 1. The van der Waals surface area contributed by atoms with Crippen molar-refractivity contribution < 1.29 is 29.4 Å². The SMILES string of the molecule is CCN1C(=O)CSC1=O.CCn1c(O)c(C=CC=O)sc1=O.O=C/C=C\O. The molecule has 0 bridgehead atoms. The first kappa shape index (κ1) is 24.3. The maximum absolute atomic E-state index is 11.2. The van der Waals surface area contributed by atoms with Gasteiger partial charge in [0, 0.05) is 19.2 Å². The Balaban J connectivity index is 0.000000419. The number of aliphatic hydroxyl groups is 1. The van der Waals surface area contributed by atoms with Crippen LogP contribution in [-0.4, -0.2) is 55.7 Å². The van der Waals surface area contributed by atoms with Crippen molar-refractivity contribution in [3.05, 3.63) is 33.0 Å². The van der Waals surface area contributed by atoms with Gasteiger partial charge < -0.3 is 10.2 Å². The highest BCUT2D eigenvalue weighted by Gasteiger charge is 2.27. The van der Waals surface area contributed by atoms with Crippen LogP contribution in [0.2, 0.25) is 0 Å². The molecule has 11 heteroatoms. The topological polar surface area (TPSA) is 134 Å². The van der Waals surface area contributed by atoms with Crippen molar-refractivity contribution in [1.82, 2.24) is 9.47 Å². The van der Waals surface area contributed by atoms with Crippen LogP contribution in [-0.2, 0) is 20.9 Å². The van der Waals surface area contributed by atoms with Crippen LogP contribution in [0.25, 0.3) is 6.08 Å². The van der Waals surface area contributed by atoms with E-state index in [0.29, 0.717) is 42.6 Å². The molecule has 1 aromatic heterocycles. The van der Waals surface area contributed by atoms with Crippen molar-refractivity contribution in [1.29, 1.82) is 0 Å². The van der Waals surface area contributed by atoms with Crippen molar-refractivity contribution in [2.45, 2.75) is 20.4 Å². The highest BCUT2D eigenvalue weighted by Crippen LogP contribution is 2.20. The third-order valence-corrected chi connectivity index (χ3v) is 4.65. The van der Waals surface area contributed by atoms with Gasteiger partial charge in [-0.1, -0.05) is 23.1 Å². The second-order valence-corrected chi connectivity index (χ2v) is 6.39. The Morgan fingerprint density at radius 1 is 1.07 bits per heavy atom. The molecule has 27 heavy (non-hydrogen) atoms. The summed E-state index contributed by atoms with van der Waals surface area (Å²) in [6, 6.07) is 0.